The highest BCUT2D eigenvalue weighted by Crippen LogP contribution is 2.27. The van der Waals surface area contributed by atoms with Gasteiger partial charge >= 0.3 is 0 Å². The van der Waals surface area contributed by atoms with Crippen LogP contribution in [0, 0.1) is 20.8 Å². The molecule has 112 valence electrons. The maximum Gasteiger partial charge on any atom is 0.241 e. The molecule has 0 aliphatic rings. The summed E-state index contributed by atoms with van der Waals surface area (Å²) < 4.78 is 27.0. The molecule has 0 saturated heterocycles. The summed E-state index contributed by atoms with van der Waals surface area (Å²) in [5, 5.41) is 0. The highest BCUT2D eigenvalue weighted by atomic mass is 32.2. The van der Waals surface area contributed by atoms with E-state index in [1.54, 1.807) is 34.0 Å². The van der Waals surface area contributed by atoms with Crippen LogP contribution in [0.5, 0.6) is 0 Å². The summed E-state index contributed by atoms with van der Waals surface area (Å²) in [4.78, 5) is 13.0. The van der Waals surface area contributed by atoms with Crippen LogP contribution in [0.3, 0.4) is 0 Å². The molecule has 1 aromatic carbocycles. The molecule has 1 rings (SSSR count). The van der Waals surface area contributed by atoms with Crippen LogP contribution in [0.1, 0.15) is 16.7 Å². The van der Waals surface area contributed by atoms with Gasteiger partial charge in [-0.1, -0.05) is 6.07 Å². The Balaban J connectivity index is 3.17. The van der Waals surface area contributed by atoms with Crippen molar-refractivity contribution in [3.05, 3.63) is 22.8 Å². The van der Waals surface area contributed by atoms with Gasteiger partial charge in [0.1, 0.15) is 0 Å². The van der Waals surface area contributed by atoms with E-state index in [4.69, 9.17) is 5.73 Å². The molecule has 0 bridgehead atoms. The first-order valence-corrected chi connectivity index (χ1v) is 7.62. The van der Waals surface area contributed by atoms with Crippen molar-refractivity contribution in [1.29, 1.82) is 0 Å². The van der Waals surface area contributed by atoms with Gasteiger partial charge in [0.05, 0.1) is 11.4 Å². The summed E-state index contributed by atoms with van der Waals surface area (Å²) in [7, 11) is -0.634. The van der Waals surface area contributed by atoms with Crippen LogP contribution >= 0.6 is 0 Å². The number of aryl methyl sites for hydroxylation is 2. The number of nitrogens with one attached hydrogen (secondary N) is 1. The Kier molecular flexibility index (Phi) is 4.77. The van der Waals surface area contributed by atoms with Gasteiger partial charge in [0, 0.05) is 19.8 Å². The van der Waals surface area contributed by atoms with E-state index in [2.05, 4.69) is 4.72 Å². The van der Waals surface area contributed by atoms with Crippen LogP contribution in [-0.2, 0) is 14.8 Å². The van der Waals surface area contributed by atoms with E-state index >= 15 is 0 Å². The number of likely N-dealkylation sites (N-methyl/N-ethyl adjacent to an activating group) is 1. The summed E-state index contributed by atoms with van der Waals surface area (Å²) in [6, 6.07) is 1.73. The number of rotatable bonds is 4. The van der Waals surface area contributed by atoms with Crippen molar-refractivity contribution in [3.63, 3.8) is 0 Å². The monoisotopic (exact) mass is 299 g/mol. The Morgan fingerprint density at radius 1 is 1.25 bits per heavy atom. The molecule has 1 amide bonds. The molecular formula is C13H21N3O3S. The molecule has 0 atom stereocenters. The van der Waals surface area contributed by atoms with Crippen molar-refractivity contribution in [3.8, 4) is 0 Å². The van der Waals surface area contributed by atoms with Crippen LogP contribution < -0.4 is 10.5 Å². The highest BCUT2D eigenvalue weighted by Gasteiger charge is 2.22. The van der Waals surface area contributed by atoms with Crippen molar-refractivity contribution in [1.82, 2.24) is 9.62 Å². The fraction of sp³-hybridized carbons (Fsp3) is 0.462. The SMILES string of the molecule is Cc1cc(C)c(S(=O)(=O)NCC(=O)N(C)C)c(C)c1N. The molecule has 0 radical (unpaired) electrons. The van der Waals surface area contributed by atoms with Crippen LogP contribution in [0.15, 0.2) is 11.0 Å². The topological polar surface area (TPSA) is 92.5 Å². The van der Waals surface area contributed by atoms with Crippen molar-refractivity contribution in [2.24, 2.45) is 0 Å². The largest absolute Gasteiger partial charge is 0.398 e. The Morgan fingerprint density at radius 2 is 1.80 bits per heavy atom. The Labute approximate surface area is 120 Å². The summed E-state index contributed by atoms with van der Waals surface area (Å²) >= 11 is 0. The minimum atomic E-state index is -3.77. The smallest absolute Gasteiger partial charge is 0.241 e. The second-order valence-electron chi connectivity index (χ2n) is 4.99. The van der Waals surface area contributed by atoms with Gasteiger partial charge in [0.15, 0.2) is 0 Å². The first kappa shape index (κ1) is 16.5. The van der Waals surface area contributed by atoms with Gasteiger partial charge in [-0.25, -0.2) is 13.1 Å². The van der Waals surface area contributed by atoms with E-state index in [0.29, 0.717) is 16.8 Å². The molecule has 0 heterocycles. The van der Waals surface area contributed by atoms with Gasteiger partial charge in [-0.2, -0.15) is 0 Å². The summed E-state index contributed by atoms with van der Waals surface area (Å²) in [5.74, 6) is -0.316. The number of anilines is 1. The van der Waals surface area contributed by atoms with Gasteiger partial charge in [0.2, 0.25) is 15.9 Å². The number of carbonyl (C=O) groups excluding carboxylic acids is 1. The standard InChI is InChI=1S/C13H21N3O3S/c1-8-6-9(2)13(10(3)12(8)14)20(18,19)15-7-11(17)16(4)5/h6,15H,7,14H2,1-5H3. The molecular weight excluding hydrogens is 278 g/mol. The van der Waals surface area contributed by atoms with Crippen molar-refractivity contribution >= 4 is 21.6 Å². The first-order valence-electron chi connectivity index (χ1n) is 6.14. The zero-order valence-corrected chi connectivity index (χ0v) is 13.3. The zero-order valence-electron chi connectivity index (χ0n) is 12.4. The lowest BCUT2D eigenvalue weighted by Crippen LogP contribution is -2.36. The number of nitrogens with zero attached hydrogens (tertiary/aromatic N) is 1. The van der Waals surface area contributed by atoms with Gasteiger partial charge in [-0.15, -0.1) is 0 Å². The number of amides is 1. The fourth-order valence-electron chi connectivity index (χ4n) is 1.98. The minimum Gasteiger partial charge on any atom is -0.398 e. The third kappa shape index (κ3) is 3.29. The molecule has 0 saturated carbocycles. The molecule has 0 aliphatic carbocycles. The van der Waals surface area contributed by atoms with E-state index in [0.717, 1.165) is 5.56 Å². The van der Waals surface area contributed by atoms with Crippen molar-refractivity contribution in [2.75, 3.05) is 26.4 Å². The number of benzene rings is 1. The number of carbonyl (C=O) groups is 1. The van der Waals surface area contributed by atoms with Crippen molar-refractivity contribution < 1.29 is 13.2 Å². The van der Waals surface area contributed by atoms with Gasteiger partial charge < -0.3 is 10.6 Å². The third-order valence-corrected chi connectivity index (χ3v) is 4.83. The normalized spacial score (nSPS) is 11.4. The second kappa shape index (κ2) is 5.80. The average molecular weight is 299 g/mol. The second-order valence-corrected chi connectivity index (χ2v) is 6.69. The van der Waals surface area contributed by atoms with Crippen molar-refractivity contribution in [2.45, 2.75) is 25.7 Å². The third-order valence-electron chi connectivity index (χ3n) is 3.14. The fourth-order valence-corrected chi connectivity index (χ4v) is 3.44. The lowest BCUT2D eigenvalue weighted by Gasteiger charge is -2.16. The molecule has 1 aromatic rings. The van der Waals surface area contributed by atoms with Gasteiger partial charge in [-0.3, -0.25) is 4.79 Å². The Morgan fingerprint density at radius 3 is 2.30 bits per heavy atom. The number of sulfonamides is 1. The Bertz CT molecular complexity index is 637. The number of nitrogens with two attached hydrogens (primary N) is 1. The molecule has 20 heavy (non-hydrogen) atoms. The zero-order chi connectivity index (χ0) is 15.7. The van der Waals surface area contributed by atoms with Crippen LogP contribution in [0.2, 0.25) is 0 Å². The highest BCUT2D eigenvalue weighted by molar-refractivity contribution is 7.89. The first-order chi connectivity index (χ1) is 9.08. The summed E-state index contributed by atoms with van der Waals surface area (Å²) in [6.07, 6.45) is 0. The van der Waals surface area contributed by atoms with Crippen LogP contribution in [-0.4, -0.2) is 39.9 Å². The quantitative estimate of drug-likeness (QED) is 0.795. The number of hydrogen-bond donors (Lipinski definition) is 2. The molecule has 0 aromatic heterocycles. The molecule has 0 spiro atoms. The van der Waals surface area contributed by atoms with E-state index < -0.39 is 10.0 Å². The molecule has 0 fully saturated rings. The van der Waals surface area contributed by atoms with Gasteiger partial charge in [0.25, 0.3) is 0 Å². The number of nitrogen functional groups attached to an aromatic ring is 1. The van der Waals surface area contributed by atoms with E-state index in [1.165, 1.54) is 4.90 Å². The van der Waals surface area contributed by atoms with E-state index in [-0.39, 0.29) is 17.3 Å². The molecule has 7 heteroatoms. The number of hydrogen-bond acceptors (Lipinski definition) is 4. The molecule has 0 aliphatic heterocycles. The molecule has 0 unspecified atom stereocenters. The predicted molar refractivity (Wildman–Crippen MR) is 78.9 cm³/mol. The van der Waals surface area contributed by atoms with Crippen LogP contribution in [0.4, 0.5) is 5.69 Å². The molecule has 3 N–H and O–H groups in total. The maximum absolute atomic E-state index is 12.3. The van der Waals surface area contributed by atoms with Crippen LogP contribution in [0.25, 0.3) is 0 Å². The van der Waals surface area contributed by atoms with E-state index in [9.17, 15) is 13.2 Å². The van der Waals surface area contributed by atoms with Gasteiger partial charge in [-0.05, 0) is 37.5 Å². The summed E-state index contributed by atoms with van der Waals surface area (Å²) in [5.41, 5.74) is 8.29. The predicted octanol–water partition coefficient (Wildman–Crippen LogP) is 0.561. The van der Waals surface area contributed by atoms with E-state index in [1.807, 2.05) is 6.92 Å². The maximum atomic E-state index is 12.3. The molecule has 6 nitrogen and oxygen atoms in total. The minimum absolute atomic E-state index is 0.146. The lowest BCUT2D eigenvalue weighted by atomic mass is 10.1. The summed E-state index contributed by atoms with van der Waals surface area (Å²) in [6.45, 7) is 4.93. The Hall–Kier alpha value is -1.60. The average Bonchev–Trinajstić information content (AvgIpc) is 2.32. The lowest BCUT2D eigenvalue weighted by molar-refractivity contribution is -0.127.